The third-order valence-electron chi connectivity index (χ3n) is 10.7. The van der Waals surface area contributed by atoms with E-state index < -0.39 is 0 Å². The van der Waals surface area contributed by atoms with Gasteiger partial charge in [-0.1, -0.05) is 170 Å². The summed E-state index contributed by atoms with van der Waals surface area (Å²) in [6.07, 6.45) is 0. The molecule has 0 saturated heterocycles. The quantitative estimate of drug-likeness (QED) is 0.163. The van der Waals surface area contributed by atoms with Crippen LogP contribution in [0.5, 0.6) is 11.5 Å². The van der Waals surface area contributed by atoms with Crippen molar-refractivity contribution in [2.24, 2.45) is 0 Å². The molecule has 9 aromatic rings. The molecule has 0 saturated carbocycles. The molecule has 0 radical (unpaired) electrons. The number of anilines is 3. The van der Waals surface area contributed by atoms with Crippen LogP contribution < -0.4 is 9.64 Å². The van der Waals surface area contributed by atoms with Crippen LogP contribution in [0.1, 0.15) is 0 Å². The monoisotopic (exact) mass is 715 g/mol. The number of benzene rings is 9. The second-order valence-corrected chi connectivity index (χ2v) is 14.1. The summed E-state index contributed by atoms with van der Waals surface area (Å²) in [6, 6.07) is 79.9. The summed E-state index contributed by atoms with van der Waals surface area (Å²) in [5.74, 6) is 1.66. The highest BCUT2D eigenvalue weighted by molar-refractivity contribution is 6.00. The van der Waals surface area contributed by atoms with E-state index in [1.54, 1.807) is 0 Å². The lowest BCUT2D eigenvalue weighted by Crippen LogP contribution is -2.10. The number of nitrogens with zero attached hydrogens (tertiary/aromatic N) is 1. The van der Waals surface area contributed by atoms with Crippen LogP contribution in [-0.4, -0.2) is 0 Å². The van der Waals surface area contributed by atoms with Gasteiger partial charge in [0.15, 0.2) is 0 Å². The molecule has 0 atom stereocenters. The molecule has 0 unspecified atom stereocenters. The van der Waals surface area contributed by atoms with Crippen molar-refractivity contribution >= 4 is 17.1 Å². The van der Waals surface area contributed by atoms with E-state index in [0.29, 0.717) is 0 Å². The molecule has 9 aromatic carbocycles. The average molecular weight is 716 g/mol. The molecule has 264 valence electrons. The number of hydrogen-bond donors (Lipinski definition) is 0. The predicted octanol–water partition coefficient (Wildman–Crippen LogP) is 15.3. The summed E-state index contributed by atoms with van der Waals surface area (Å²) in [5, 5.41) is 0. The third-order valence-corrected chi connectivity index (χ3v) is 10.7. The van der Waals surface area contributed by atoms with Gasteiger partial charge in [0, 0.05) is 33.8 Å². The Morgan fingerprint density at radius 3 is 1.39 bits per heavy atom. The number of rotatable bonds is 7. The lowest BCUT2D eigenvalue weighted by atomic mass is 9.87. The van der Waals surface area contributed by atoms with Gasteiger partial charge in [-0.05, 0) is 105 Å². The fourth-order valence-corrected chi connectivity index (χ4v) is 7.96. The van der Waals surface area contributed by atoms with E-state index in [2.05, 4.69) is 229 Å². The zero-order chi connectivity index (χ0) is 37.3. The summed E-state index contributed by atoms with van der Waals surface area (Å²) in [6.45, 7) is 0. The fraction of sp³-hybridized carbons (Fsp3) is 0. The Balaban J connectivity index is 1.18. The molecule has 2 nitrogen and oxygen atoms in total. The molecule has 0 bridgehead atoms. The van der Waals surface area contributed by atoms with Crippen LogP contribution in [0.4, 0.5) is 17.1 Å². The number of ether oxygens (including phenoxy) is 1. The molecule has 1 aliphatic rings. The maximum Gasteiger partial charge on any atom is 0.135 e. The van der Waals surface area contributed by atoms with E-state index in [0.717, 1.165) is 78.6 Å². The van der Waals surface area contributed by atoms with Gasteiger partial charge in [-0.25, -0.2) is 0 Å². The fourth-order valence-electron chi connectivity index (χ4n) is 7.96. The highest BCUT2D eigenvalue weighted by Gasteiger charge is 2.26. The number of fused-ring (bicyclic) bond motifs is 5. The first-order chi connectivity index (χ1) is 27.8. The second-order valence-electron chi connectivity index (χ2n) is 14.1. The van der Waals surface area contributed by atoms with Crippen LogP contribution >= 0.6 is 0 Å². The van der Waals surface area contributed by atoms with E-state index in [4.69, 9.17) is 4.74 Å². The summed E-state index contributed by atoms with van der Waals surface area (Å²) < 4.78 is 7.01. The van der Waals surface area contributed by atoms with Crippen molar-refractivity contribution in [2.75, 3.05) is 4.90 Å². The molecule has 0 spiro atoms. The van der Waals surface area contributed by atoms with Gasteiger partial charge in [-0.15, -0.1) is 0 Å². The van der Waals surface area contributed by atoms with E-state index >= 15 is 0 Å². The molecule has 0 amide bonds. The zero-order valence-electron chi connectivity index (χ0n) is 30.7. The highest BCUT2D eigenvalue weighted by atomic mass is 16.5. The SMILES string of the molecule is c1ccc(-c2ccc(N(c3cccc(-c4ccccc4)c3)c3ccc4c(c3)-c3c(-c5ccccc5)cccc3-c3ccc(-c5ccccc5)cc3O4)cc2)cc1. The van der Waals surface area contributed by atoms with Gasteiger partial charge in [-0.2, -0.15) is 0 Å². The Kier molecular flexibility index (Phi) is 8.55. The Labute approximate surface area is 328 Å². The molecule has 0 N–H and O–H groups in total. The van der Waals surface area contributed by atoms with Crippen molar-refractivity contribution in [3.8, 4) is 78.3 Å². The lowest BCUT2D eigenvalue weighted by molar-refractivity contribution is 0.488. The minimum absolute atomic E-state index is 0.819. The van der Waals surface area contributed by atoms with Gasteiger partial charge in [0.25, 0.3) is 0 Å². The van der Waals surface area contributed by atoms with E-state index in [-0.39, 0.29) is 0 Å². The molecule has 0 aliphatic carbocycles. The van der Waals surface area contributed by atoms with Crippen LogP contribution in [0.25, 0.3) is 66.8 Å². The maximum absolute atomic E-state index is 7.01. The molecule has 1 heterocycles. The molecular formula is C54H37NO. The van der Waals surface area contributed by atoms with Crippen LogP contribution in [0.2, 0.25) is 0 Å². The normalized spacial score (nSPS) is 11.4. The first kappa shape index (κ1) is 33.2. The summed E-state index contributed by atoms with van der Waals surface area (Å²) in [7, 11) is 0. The van der Waals surface area contributed by atoms with Gasteiger partial charge in [0.05, 0.1) is 0 Å². The van der Waals surface area contributed by atoms with Crippen molar-refractivity contribution in [2.45, 2.75) is 0 Å². The maximum atomic E-state index is 7.01. The van der Waals surface area contributed by atoms with Crippen molar-refractivity contribution in [3.63, 3.8) is 0 Å². The van der Waals surface area contributed by atoms with Crippen molar-refractivity contribution in [1.29, 1.82) is 0 Å². The van der Waals surface area contributed by atoms with Gasteiger partial charge in [0.2, 0.25) is 0 Å². The largest absolute Gasteiger partial charge is 0.456 e. The molecule has 0 aromatic heterocycles. The van der Waals surface area contributed by atoms with E-state index in [1.165, 1.54) is 16.7 Å². The van der Waals surface area contributed by atoms with E-state index in [1.807, 2.05) is 0 Å². The Morgan fingerprint density at radius 1 is 0.250 bits per heavy atom. The van der Waals surface area contributed by atoms with Crippen LogP contribution in [0, 0.1) is 0 Å². The average Bonchev–Trinajstić information content (AvgIpc) is 3.42. The minimum atomic E-state index is 0.819. The third kappa shape index (κ3) is 6.24. The summed E-state index contributed by atoms with van der Waals surface area (Å²) >= 11 is 0. The first-order valence-corrected chi connectivity index (χ1v) is 19.1. The molecule has 0 fully saturated rings. The van der Waals surface area contributed by atoms with Crippen LogP contribution in [-0.2, 0) is 0 Å². The highest BCUT2D eigenvalue weighted by Crippen LogP contribution is 2.52. The zero-order valence-corrected chi connectivity index (χ0v) is 30.7. The van der Waals surface area contributed by atoms with Gasteiger partial charge in [-0.3, -0.25) is 0 Å². The molecular weight excluding hydrogens is 679 g/mol. The Hall–Kier alpha value is -7.42. The van der Waals surface area contributed by atoms with Crippen molar-refractivity contribution < 1.29 is 4.74 Å². The topological polar surface area (TPSA) is 12.5 Å². The van der Waals surface area contributed by atoms with Crippen LogP contribution in [0.15, 0.2) is 224 Å². The van der Waals surface area contributed by atoms with Gasteiger partial charge >= 0.3 is 0 Å². The van der Waals surface area contributed by atoms with Gasteiger partial charge < -0.3 is 9.64 Å². The summed E-state index contributed by atoms with van der Waals surface area (Å²) in [5.41, 5.74) is 16.9. The number of hydrogen-bond acceptors (Lipinski definition) is 2. The molecule has 1 aliphatic heterocycles. The van der Waals surface area contributed by atoms with Crippen LogP contribution in [0.3, 0.4) is 0 Å². The minimum Gasteiger partial charge on any atom is -0.456 e. The Morgan fingerprint density at radius 2 is 0.732 bits per heavy atom. The van der Waals surface area contributed by atoms with Crippen molar-refractivity contribution in [3.05, 3.63) is 224 Å². The van der Waals surface area contributed by atoms with Gasteiger partial charge in [0.1, 0.15) is 11.5 Å². The second kappa shape index (κ2) is 14.4. The molecule has 56 heavy (non-hydrogen) atoms. The molecule has 2 heteroatoms. The Bertz CT molecular complexity index is 2800. The smallest absolute Gasteiger partial charge is 0.135 e. The standard InChI is InChI=1S/C54H37NO/c1-5-15-38(16-6-1)41-27-30-45(31-28-41)55(46-24-13-23-43(35-46)39-17-7-2-8-18-39)47-32-34-52-51(37-47)54-48(42-21-11-4-12-22-42)25-14-26-50(54)49-33-29-44(36-53(49)56-52)40-19-9-3-10-20-40/h1-37H. The molecule has 10 rings (SSSR count). The van der Waals surface area contributed by atoms with Crippen molar-refractivity contribution in [1.82, 2.24) is 0 Å². The lowest BCUT2D eigenvalue weighted by Gasteiger charge is -2.27. The first-order valence-electron chi connectivity index (χ1n) is 19.1. The van der Waals surface area contributed by atoms with E-state index in [9.17, 15) is 0 Å². The summed E-state index contributed by atoms with van der Waals surface area (Å²) in [4.78, 5) is 2.36. The predicted molar refractivity (Wildman–Crippen MR) is 234 cm³/mol.